The van der Waals surface area contributed by atoms with Crippen molar-refractivity contribution in [3.63, 3.8) is 0 Å². The van der Waals surface area contributed by atoms with Gasteiger partial charge in [0.2, 0.25) is 0 Å². The molecular weight excluding hydrogens is 552 g/mol. The molecule has 0 saturated carbocycles. The van der Waals surface area contributed by atoms with Crippen molar-refractivity contribution in [2.24, 2.45) is 0 Å². The quantitative estimate of drug-likeness (QED) is 0.211. The smallest absolute Gasteiger partial charge is 0.331 e. The SMILES string of the molecule is COc1cc(C=CC(=O)O[C@@H]2[C@@H](O)[C@H](O)[C@@H](CO)O[C@H]2c2c(OC)cc(C)c3c(=O)cc(CC(C)=O)oc23)ccc1O. The number of benzene rings is 2. The molecule has 0 spiro atoms. The lowest BCUT2D eigenvalue weighted by atomic mass is 9.89. The molecule has 5 atom stereocenters. The van der Waals surface area contributed by atoms with Gasteiger partial charge in [-0.05, 0) is 49.2 Å². The molecule has 0 bridgehead atoms. The molecule has 1 aliphatic heterocycles. The molecule has 2 heterocycles. The third-order valence-corrected chi connectivity index (χ3v) is 6.91. The van der Waals surface area contributed by atoms with Gasteiger partial charge in [-0.3, -0.25) is 9.59 Å². The Kier molecular flexibility index (Phi) is 9.32. The number of methoxy groups -OCH3 is 2. The average Bonchev–Trinajstić information content (AvgIpc) is 2.94. The first-order chi connectivity index (χ1) is 20.0. The Morgan fingerprint density at radius 2 is 1.76 bits per heavy atom. The maximum absolute atomic E-state index is 13.1. The van der Waals surface area contributed by atoms with Crippen molar-refractivity contribution in [1.29, 1.82) is 0 Å². The molecule has 0 amide bonds. The van der Waals surface area contributed by atoms with Crippen LogP contribution in [0.5, 0.6) is 17.2 Å². The van der Waals surface area contributed by atoms with Crippen molar-refractivity contribution in [1.82, 2.24) is 0 Å². The Morgan fingerprint density at radius 3 is 2.40 bits per heavy atom. The van der Waals surface area contributed by atoms with Gasteiger partial charge in [-0.2, -0.15) is 0 Å². The van der Waals surface area contributed by atoms with E-state index < -0.39 is 48.5 Å². The number of esters is 1. The summed E-state index contributed by atoms with van der Waals surface area (Å²) in [5.74, 6) is -0.859. The zero-order valence-electron chi connectivity index (χ0n) is 23.4. The average molecular weight is 585 g/mol. The van der Waals surface area contributed by atoms with Gasteiger partial charge >= 0.3 is 5.97 Å². The number of aryl methyl sites for hydroxylation is 1. The summed E-state index contributed by atoms with van der Waals surface area (Å²) < 4.78 is 28.2. The summed E-state index contributed by atoms with van der Waals surface area (Å²) in [5, 5.41) is 41.5. The van der Waals surface area contributed by atoms with E-state index in [0.29, 0.717) is 11.1 Å². The van der Waals surface area contributed by atoms with Gasteiger partial charge < -0.3 is 43.8 Å². The Bertz CT molecular complexity index is 1570. The highest BCUT2D eigenvalue weighted by atomic mass is 16.6. The third-order valence-electron chi connectivity index (χ3n) is 6.91. The summed E-state index contributed by atoms with van der Waals surface area (Å²) in [5.41, 5.74) is 0.600. The van der Waals surface area contributed by atoms with E-state index in [4.69, 9.17) is 23.4 Å². The number of carbonyl (C=O) groups excluding carboxylic acids is 2. The van der Waals surface area contributed by atoms with E-state index in [1.165, 1.54) is 51.5 Å². The number of fused-ring (bicyclic) bond motifs is 1. The van der Waals surface area contributed by atoms with E-state index in [9.17, 15) is 34.8 Å². The van der Waals surface area contributed by atoms with Crippen LogP contribution in [0.3, 0.4) is 0 Å². The maximum atomic E-state index is 13.1. The molecule has 2 aromatic carbocycles. The Hall–Kier alpha value is -4.23. The van der Waals surface area contributed by atoms with Crippen LogP contribution in [0.4, 0.5) is 0 Å². The summed E-state index contributed by atoms with van der Waals surface area (Å²) in [6.45, 7) is 2.31. The minimum absolute atomic E-state index is 0.0198. The summed E-state index contributed by atoms with van der Waals surface area (Å²) in [6, 6.07) is 7.16. The number of hydrogen-bond acceptors (Lipinski definition) is 12. The van der Waals surface area contributed by atoms with Gasteiger partial charge in [0.1, 0.15) is 47.3 Å². The predicted molar refractivity (Wildman–Crippen MR) is 148 cm³/mol. The lowest BCUT2D eigenvalue weighted by Crippen LogP contribution is -2.56. The molecule has 224 valence electrons. The molecule has 0 unspecified atom stereocenters. The van der Waals surface area contributed by atoms with Crippen molar-refractivity contribution in [3.8, 4) is 17.2 Å². The van der Waals surface area contributed by atoms with Crippen LogP contribution in [0.15, 0.2) is 45.6 Å². The molecule has 4 rings (SSSR count). The summed E-state index contributed by atoms with van der Waals surface area (Å²) >= 11 is 0. The molecular formula is C30H32O12. The van der Waals surface area contributed by atoms with Gasteiger partial charge in [0.05, 0.1) is 38.2 Å². The van der Waals surface area contributed by atoms with E-state index in [1.807, 2.05) is 0 Å². The van der Waals surface area contributed by atoms with E-state index in [-0.39, 0.29) is 51.7 Å². The molecule has 12 heteroatoms. The second-order valence-electron chi connectivity index (χ2n) is 9.89. The Morgan fingerprint density at radius 1 is 1.05 bits per heavy atom. The number of ketones is 1. The lowest BCUT2D eigenvalue weighted by Gasteiger charge is -2.42. The molecule has 12 nitrogen and oxygen atoms in total. The van der Waals surface area contributed by atoms with Gasteiger partial charge in [-0.1, -0.05) is 6.07 Å². The van der Waals surface area contributed by atoms with Gasteiger partial charge in [0.25, 0.3) is 0 Å². The highest BCUT2D eigenvalue weighted by molar-refractivity contribution is 5.88. The van der Waals surface area contributed by atoms with Crippen molar-refractivity contribution in [2.45, 2.75) is 50.8 Å². The van der Waals surface area contributed by atoms with Crippen molar-refractivity contribution in [2.75, 3.05) is 20.8 Å². The molecule has 0 aliphatic carbocycles. The topological polar surface area (TPSA) is 182 Å². The predicted octanol–water partition coefficient (Wildman–Crippen LogP) is 1.73. The molecule has 42 heavy (non-hydrogen) atoms. The lowest BCUT2D eigenvalue weighted by molar-refractivity contribution is -0.239. The molecule has 1 fully saturated rings. The Labute approximate surface area is 240 Å². The molecule has 3 aromatic rings. The van der Waals surface area contributed by atoms with Crippen LogP contribution in [0.25, 0.3) is 17.0 Å². The maximum Gasteiger partial charge on any atom is 0.331 e. The number of rotatable bonds is 9. The highest BCUT2D eigenvalue weighted by Crippen LogP contribution is 2.43. The molecule has 4 N–H and O–H groups in total. The molecule has 0 radical (unpaired) electrons. The van der Waals surface area contributed by atoms with Crippen LogP contribution >= 0.6 is 0 Å². The standard InChI is InChI=1S/C30H32O12/c1-14-9-21(39-4)25(28-24(14)19(34)12-17(40-28)10-15(2)32)29-30(27(37)26(36)22(13-31)41-29)42-23(35)8-6-16-5-7-18(33)20(11-16)38-3/h5-9,11-12,22,26-27,29-31,33,36-37H,10,13H2,1-4H3/t22-,26-,27+,29+,30-/m1/s1. The van der Waals surface area contributed by atoms with E-state index in [2.05, 4.69) is 0 Å². The van der Waals surface area contributed by atoms with Gasteiger partial charge in [-0.25, -0.2) is 4.79 Å². The number of hydrogen-bond donors (Lipinski definition) is 4. The van der Waals surface area contributed by atoms with Crippen LogP contribution in [0, 0.1) is 6.92 Å². The van der Waals surface area contributed by atoms with E-state index in [1.54, 1.807) is 13.0 Å². The van der Waals surface area contributed by atoms with Gasteiger partial charge in [-0.15, -0.1) is 0 Å². The van der Waals surface area contributed by atoms with Crippen molar-refractivity contribution >= 4 is 28.8 Å². The normalized spacial score (nSPS) is 22.3. The molecule has 1 saturated heterocycles. The summed E-state index contributed by atoms with van der Waals surface area (Å²) in [6.07, 6.45) is -5.34. The van der Waals surface area contributed by atoms with Crippen LogP contribution in [-0.4, -0.2) is 77.4 Å². The fourth-order valence-electron chi connectivity index (χ4n) is 4.92. The fraction of sp³-hybridized carbons (Fsp3) is 0.367. The van der Waals surface area contributed by atoms with Crippen LogP contribution in [-0.2, 0) is 25.5 Å². The largest absolute Gasteiger partial charge is 0.504 e. The zero-order chi connectivity index (χ0) is 30.7. The van der Waals surface area contributed by atoms with Gasteiger partial charge in [0.15, 0.2) is 23.0 Å². The van der Waals surface area contributed by atoms with Crippen LogP contribution in [0.2, 0.25) is 0 Å². The fourth-order valence-corrected chi connectivity index (χ4v) is 4.92. The van der Waals surface area contributed by atoms with Crippen molar-refractivity contribution < 1.29 is 53.4 Å². The number of aliphatic hydroxyl groups is 3. The number of phenols is 1. The molecule has 1 aliphatic rings. The number of ether oxygens (including phenoxy) is 4. The second-order valence-corrected chi connectivity index (χ2v) is 9.89. The van der Waals surface area contributed by atoms with E-state index in [0.717, 1.165) is 6.08 Å². The van der Waals surface area contributed by atoms with E-state index >= 15 is 0 Å². The van der Waals surface area contributed by atoms with Crippen LogP contribution in [0.1, 0.15) is 35.5 Å². The first-order valence-corrected chi connectivity index (χ1v) is 13.0. The minimum Gasteiger partial charge on any atom is -0.504 e. The monoisotopic (exact) mass is 584 g/mol. The summed E-state index contributed by atoms with van der Waals surface area (Å²) in [7, 11) is 2.73. The molecule has 1 aromatic heterocycles. The zero-order valence-corrected chi connectivity index (χ0v) is 23.4. The third kappa shape index (κ3) is 6.16. The van der Waals surface area contributed by atoms with Crippen molar-refractivity contribution in [3.05, 3.63) is 69.1 Å². The number of aromatic hydroxyl groups is 1. The highest BCUT2D eigenvalue weighted by Gasteiger charge is 2.49. The van der Waals surface area contributed by atoms with Gasteiger partial charge in [0, 0.05) is 12.1 Å². The second kappa shape index (κ2) is 12.7. The summed E-state index contributed by atoms with van der Waals surface area (Å²) in [4.78, 5) is 37.9. The Balaban J connectivity index is 1.81. The number of carbonyl (C=O) groups is 2. The first-order valence-electron chi connectivity index (χ1n) is 13.0. The van der Waals surface area contributed by atoms with Crippen LogP contribution < -0.4 is 14.9 Å². The minimum atomic E-state index is -1.74. The number of aliphatic hydroxyl groups excluding tert-OH is 3. The first kappa shape index (κ1) is 30.7. The number of phenolic OH excluding ortho intramolecular Hbond substituents is 1. The number of Topliss-reactive ketones (excluding diaryl/α,β-unsaturated/α-hetero) is 1.